The summed E-state index contributed by atoms with van der Waals surface area (Å²) in [5.74, 6) is 5.21. The first kappa shape index (κ1) is 13.1. The van der Waals surface area contributed by atoms with Crippen molar-refractivity contribution in [2.75, 3.05) is 10.7 Å². The second-order valence-electron chi connectivity index (χ2n) is 4.52. The summed E-state index contributed by atoms with van der Waals surface area (Å²) in [5, 5.41) is 3.80. The average molecular weight is 278 g/mol. The van der Waals surface area contributed by atoms with Crippen LogP contribution in [0.3, 0.4) is 0 Å². The number of anilines is 2. The zero-order chi connectivity index (χ0) is 14.7. The van der Waals surface area contributed by atoms with Gasteiger partial charge in [-0.3, -0.25) is 15.6 Å². The van der Waals surface area contributed by atoms with Gasteiger partial charge in [0.2, 0.25) is 0 Å². The summed E-state index contributed by atoms with van der Waals surface area (Å²) >= 11 is 0. The maximum Gasteiger partial charge on any atom is 0.257 e. The van der Waals surface area contributed by atoms with Gasteiger partial charge >= 0.3 is 0 Å². The van der Waals surface area contributed by atoms with E-state index in [-0.39, 0.29) is 5.91 Å². The summed E-state index contributed by atoms with van der Waals surface area (Å²) in [4.78, 5) is 16.7. The zero-order valence-corrected chi connectivity index (χ0v) is 11.2. The van der Waals surface area contributed by atoms with Crippen molar-refractivity contribution < 1.29 is 4.79 Å². The molecule has 3 rings (SSSR count). The van der Waals surface area contributed by atoms with E-state index in [0.717, 1.165) is 16.6 Å². The molecule has 5 nitrogen and oxygen atoms in total. The second kappa shape index (κ2) is 5.60. The Balaban J connectivity index is 1.97. The highest BCUT2D eigenvalue weighted by molar-refractivity contribution is 6.11. The fraction of sp³-hybridized carbons (Fsp3) is 0. The average Bonchev–Trinajstić information content (AvgIpc) is 2.55. The highest BCUT2D eigenvalue weighted by Crippen LogP contribution is 2.23. The lowest BCUT2D eigenvalue weighted by Gasteiger charge is -2.11. The number of nitrogen functional groups attached to an aromatic ring is 1. The topological polar surface area (TPSA) is 80.0 Å². The Labute approximate surface area is 121 Å². The summed E-state index contributed by atoms with van der Waals surface area (Å²) in [6, 6.07) is 16.4. The number of benzene rings is 2. The maximum absolute atomic E-state index is 12.4. The van der Waals surface area contributed by atoms with Crippen LogP contribution in [0.25, 0.3) is 10.9 Å². The molecule has 0 aliphatic heterocycles. The van der Waals surface area contributed by atoms with Gasteiger partial charge in [-0.25, -0.2) is 0 Å². The number of fused-ring (bicyclic) bond motifs is 1. The Morgan fingerprint density at radius 2 is 1.76 bits per heavy atom. The molecule has 4 N–H and O–H groups in total. The molecule has 1 aromatic heterocycles. The third kappa shape index (κ3) is 2.54. The van der Waals surface area contributed by atoms with Crippen LogP contribution < -0.4 is 16.6 Å². The van der Waals surface area contributed by atoms with Crippen LogP contribution in [-0.4, -0.2) is 10.9 Å². The number of carbonyl (C=O) groups excluding carboxylic acids is 1. The summed E-state index contributed by atoms with van der Waals surface area (Å²) in [5.41, 5.74) is 5.14. The smallest absolute Gasteiger partial charge is 0.257 e. The van der Waals surface area contributed by atoms with Crippen molar-refractivity contribution in [1.82, 2.24) is 4.98 Å². The first-order valence-corrected chi connectivity index (χ1v) is 6.50. The molecule has 0 unspecified atom stereocenters. The molecule has 0 saturated heterocycles. The van der Waals surface area contributed by atoms with Crippen molar-refractivity contribution in [3.63, 3.8) is 0 Å². The van der Waals surface area contributed by atoms with Crippen LogP contribution in [0.5, 0.6) is 0 Å². The van der Waals surface area contributed by atoms with E-state index in [2.05, 4.69) is 15.7 Å². The van der Waals surface area contributed by atoms with E-state index in [9.17, 15) is 4.79 Å². The van der Waals surface area contributed by atoms with Crippen molar-refractivity contribution in [1.29, 1.82) is 0 Å². The summed E-state index contributed by atoms with van der Waals surface area (Å²) in [6.45, 7) is 0. The molecule has 0 atom stereocenters. The number of carbonyl (C=O) groups is 1. The Kier molecular flexibility index (Phi) is 3.49. The molecule has 0 spiro atoms. The van der Waals surface area contributed by atoms with Gasteiger partial charge in [0.05, 0.1) is 22.5 Å². The number of nitrogens with one attached hydrogen (secondary N) is 2. The van der Waals surface area contributed by atoms with Crippen LogP contribution in [0, 0.1) is 0 Å². The quantitative estimate of drug-likeness (QED) is 0.508. The lowest BCUT2D eigenvalue weighted by atomic mass is 10.1. The van der Waals surface area contributed by atoms with Gasteiger partial charge in [0, 0.05) is 11.6 Å². The van der Waals surface area contributed by atoms with Gasteiger partial charge in [-0.05, 0) is 36.4 Å². The Morgan fingerprint density at radius 3 is 2.62 bits per heavy atom. The van der Waals surface area contributed by atoms with Gasteiger partial charge in [-0.1, -0.05) is 18.2 Å². The van der Waals surface area contributed by atoms with Crippen LogP contribution in [0.1, 0.15) is 10.4 Å². The molecular formula is C16H14N4O. The number of amides is 1. The molecule has 0 radical (unpaired) electrons. The first-order chi connectivity index (χ1) is 10.3. The molecule has 0 saturated carbocycles. The number of hydrogen-bond donors (Lipinski definition) is 3. The number of nitrogens with two attached hydrogens (primary N) is 1. The number of pyridine rings is 1. The highest BCUT2D eigenvalue weighted by atomic mass is 16.1. The molecule has 5 heteroatoms. The maximum atomic E-state index is 12.4. The summed E-state index contributed by atoms with van der Waals surface area (Å²) in [6.07, 6.45) is 1.72. The molecule has 104 valence electrons. The molecule has 0 aliphatic carbocycles. The second-order valence-corrected chi connectivity index (χ2v) is 4.52. The largest absolute Gasteiger partial charge is 0.323 e. The molecule has 0 bridgehead atoms. The minimum absolute atomic E-state index is 0.222. The summed E-state index contributed by atoms with van der Waals surface area (Å²) in [7, 11) is 0. The van der Waals surface area contributed by atoms with Gasteiger partial charge in [0.15, 0.2) is 0 Å². The lowest BCUT2D eigenvalue weighted by molar-refractivity contribution is 0.102. The SMILES string of the molecule is NNc1ccccc1C(=O)Nc1cccc2ncccc12. The van der Waals surface area contributed by atoms with Crippen molar-refractivity contribution in [2.24, 2.45) is 5.84 Å². The monoisotopic (exact) mass is 278 g/mol. The fourth-order valence-electron chi connectivity index (χ4n) is 2.21. The third-order valence-corrected chi connectivity index (χ3v) is 3.22. The predicted octanol–water partition coefficient (Wildman–Crippen LogP) is 2.77. The Morgan fingerprint density at radius 1 is 0.952 bits per heavy atom. The fourth-order valence-corrected chi connectivity index (χ4v) is 2.21. The third-order valence-electron chi connectivity index (χ3n) is 3.22. The van der Waals surface area contributed by atoms with E-state index in [1.54, 1.807) is 24.4 Å². The van der Waals surface area contributed by atoms with Gasteiger partial charge in [-0.2, -0.15) is 0 Å². The van der Waals surface area contributed by atoms with Gasteiger partial charge in [0.25, 0.3) is 5.91 Å². The van der Waals surface area contributed by atoms with Crippen molar-refractivity contribution in [2.45, 2.75) is 0 Å². The van der Waals surface area contributed by atoms with Crippen LogP contribution in [0.2, 0.25) is 0 Å². The zero-order valence-electron chi connectivity index (χ0n) is 11.2. The molecule has 21 heavy (non-hydrogen) atoms. The number of rotatable bonds is 3. The molecule has 2 aromatic carbocycles. The van der Waals surface area contributed by atoms with E-state index < -0.39 is 0 Å². The Bertz CT molecular complexity index is 796. The van der Waals surface area contributed by atoms with Crippen LogP contribution >= 0.6 is 0 Å². The molecule has 0 fully saturated rings. The van der Waals surface area contributed by atoms with E-state index in [1.165, 1.54) is 0 Å². The van der Waals surface area contributed by atoms with E-state index in [1.807, 2.05) is 36.4 Å². The number of para-hydroxylation sites is 1. The number of nitrogens with zero attached hydrogens (tertiary/aromatic N) is 1. The van der Waals surface area contributed by atoms with E-state index >= 15 is 0 Å². The van der Waals surface area contributed by atoms with Crippen LogP contribution in [-0.2, 0) is 0 Å². The van der Waals surface area contributed by atoms with Crippen molar-refractivity contribution in [3.05, 3.63) is 66.4 Å². The highest BCUT2D eigenvalue weighted by Gasteiger charge is 2.11. The van der Waals surface area contributed by atoms with Crippen molar-refractivity contribution in [3.8, 4) is 0 Å². The van der Waals surface area contributed by atoms with Crippen molar-refractivity contribution >= 4 is 28.2 Å². The number of hydrogen-bond acceptors (Lipinski definition) is 4. The lowest BCUT2D eigenvalue weighted by Crippen LogP contribution is -2.17. The summed E-state index contributed by atoms with van der Waals surface area (Å²) < 4.78 is 0. The van der Waals surface area contributed by atoms with E-state index in [4.69, 9.17) is 5.84 Å². The minimum Gasteiger partial charge on any atom is -0.323 e. The van der Waals surface area contributed by atoms with Gasteiger partial charge in [-0.15, -0.1) is 0 Å². The first-order valence-electron chi connectivity index (χ1n) is 6.50. The van der Waals surface area contributed by atoms with Crippen LogP contribution in [0.15, 0.2) is 60.8 Å². The molecule has 3 aromatic rings. The normalized spacial score (nSPS) is 10.3. The van der Waals surface area contributed by atoms with Gasteiger partial charge < -0.3 is 10.7 Å². The number of hydrazine groups is 1. The van der Waals surface area contributed by atoms with E-state index in [0.29, 0.717) is 11.3 Å². The molecule has 1 amide bonds. The minimum atomic E-state index is -0.222. The standard InChI is InChI=1S/C16H14N4O/c17-20-15-7-2-1-5-12(15)16(21)19-14-9-3-8-13-11(14)6-4-10-18-13/h1-10,20H,17H2,(H,19,21). The Hall–Kier alpha value is -2.92. The molecular weight excluding hydrogens is 264 g/mol. The predicted molar refractivity (Wildman–Crippen MR) is 83.9 cm³/mol. The number of aromatic nitrogens is 1. The molecule has 0 aliphatic rings. The molecule has 1 heterocycles. The van der Waals surface area contributed by atoms with Gasteiger partial charge in [0.1, 0.15) is 0 Å². The van der Waals surface area contributed by atoms with Crippen LogP contribution in [0.4, 0.5) is 11.4 Å².